The minimum absolute atomic E-state index is 0.0397. The molecule has 0 atom stereocenters. The number of hydrogen-bond donors (Lipinski definition) is 2. The Balaban J connectivity index is 2.70. The SMILES string of the molecule is C/C(=C\C(=O)O)C1=C(O)c2ccccc2C(=O)C1=O. The fraction of sp³-hybridized carbons (Fsp3) is 0.0714. The van der Waals surface area contributed by atoms with Gasteiger partial charge in [-0.1, -0.05) is 24.3 Å². The second kappa shape index (κ2) is 4.53. The van der Waals surface area contributed by atoms with Crippen molar-refractivity contribution in [3.05, 3.63) is 52.6 Å². The van der Waals surface area contributed by atoms with Crippen LogP contribution in [0.5, 0.6) is 0 Å². The third-order valence-corrected chi connectivity index (χ3v) is 2.83. The smallest absolute Gasteiger partial charge is 0.328 e. The van der Waals surface area contributed by atoms with E-state index in [0.717, 1.165) is 6.08 Å². The zero-order valence-electron chi connectivity index (χ0n) is 10.0. The lowest BCUT2D eigenvalue weighted by molar-refractivity contribution is -0.131. The van der Waals surface area contributed by atoms with Crippen molar-refractivity contribution in [1.29, 1.82) is 0 Å². The van der Waals surface area contributed by atoms with E-state index in [0.29, 0.717) is 0 Å². The van der Waals surface area contributed by atoms with E-state index in [-0.39, 0.29) is 28.0 Å². The predicted octanol–water partition coefficient (Wildman–Crippen LogP) is 1.75. The molecule has 1 aromatic carbocycles. The lowest BCUT2D eigenvalue weighted by Gasteiger charge is -2.17. The molecule has 19 heavy (non-hydrogen) atoms. The van der Waals surface area contributed by atoms with E-state index in [1.54, 1.807) is 12.1 Å². The standard InChI is InChI=1S/C14H10O5/c1-7(6-10(15)16)11-12(17)8-4-2-3-5-9(8)13(18)14(11)19/h2-6,17H,1H3,(H,15,16)/b7-6+. The number of allylic oxidation sites excluding steroid dienone is 2. The van der Waals surface area contributed by atoms with Crippen LogP contribution in [0.3, 0.4) is 0 Å². The first-order valence-electron chi connectivity index (χ1n) is 5.46. The maximum atomic E-state index is 11.9. The molecule has 1 aliphatic carbocycles. The van der Waals surface area contributed by atoms with E-state index in [2.05, 4.69) is 0 Å². The third kappa shape index (κ3) is 2.06. The molecular weight excluding hydrogens is 248 g/mol. The van der Waals surface area contributed by atoms with E-state index in [1.165, 1.54) is 19.1 Å². The molecule has 0 saturated heterocycles. The van der Waals surface area contributed by atoms with Crippen LogP contribution in [-0.2, 0) is 9.59 Å². The van der Waals surface area contributed by atoms with Gasteiger partial charge in [-0.3, -0.25) is 9.59 Å². The second-order valence-corrected chi connectivity index (χ2v) is 4.09. The van der Waals surface area contributed by atoms with Gasteiger partial charge in [0.1, 0.15) is 5.76 Å². The third-order valence-electron chi connectivity index (χ3n) is 2.83. The van der Waals surface area contributed by atoms with Gasteiger partial charge in [0, 0.05) is 17.2 Å². The highest BCUT2D eigenvalue weighted by Crippen LogP contribution is 2.31. The van der Waals surface area contributed by atoms with Crippen LogP contribution in [0.25, 0.3) is 5.76 Å². The summed E-state index contributed by atoms with van der Waals surface area (Å²) < 4.78 is 0. The molecule has 0 spiro atoms. The molecule has 1 aromatic rings. The molecule has 5 nitrogen and oxygen atoms in total. The summed E-state index contributed by atoms with van der Waals surface area (Å²) in [5.74, 6) is -3.26. The first kappa shape index (κ1) is 12.8. The summed E-state index contributed by atoms with van der Waals surface area (Å²) in [5.41, 5.74) is 0.140. The fourth-order valence-electron chi connectivity index (χ4n) is 1.99. The molecule has 1 aliphatic rings. The van der Waals surface area contributed by atoms with Crippen molar-refractivity contribution >= 4 is 23.3 Å². The summed E-state index contributed by atoms with van der Waals surface area (Å²) in [6, 6.07) is 6.15. The minimum Gasteiger partial charge on any atom is -0.507 e. The number of carboxylic acid groups (broad SMARTS) is 1. The summed E-state index contributed by atoms with van der Waals surface area (Å²) in [6.45, 7) is 1.36. The van der Waals surface area contributed by atoms with Crippen molar-refractivity contribution in [2.75, 3.05) is 0 Å². The van der Waals surface area contributed by atoms with E-state index >= 15 is 0 Å². The maximum absolute atomic E-state index is 11.9. The summed E-state index contributed by atoms with van der Waals surface area (Å²) in [5, 5.41) is 18.7. The molecular formula is C14H10O5. The van der Waals surface area contributed by atoms with Crippen molar-refractivity contribution < 1.29 is 24.6 Å². The lowest BCUT2D eigenvalue weighted by atomic mass is 9.85. The van der Waals surface area contributed by atoms with Crippen LogP contribution in [0.1, 0.15) is 22.8 Å². The van der Waals surface area contributed by atoms with Gasteiger partial charge in [-0.05, 0) is 12.5 Å². The monoisotopic (exact) mass is 258 g/mol. The number of aliphatic carboxylic acids is 1. The molecule has 0 radical (unpaired) electrons. The predicted molar refractivity (Wildman–Crippen MR) is 66.7 cm³/mol. The Morgan fingerprint density at radius 2 is 1.68 bits per heavy atom. The highest BCUT2D eigenvalue weighted by atomic mass is 16.4. The number of aliphatic hydroxyl groups excluding tert-OH is 1. The molecule has 5 heteroatoms. The lowest BCUT2D eigenvalue weighted by Crippen LogP contribution is -2.24. The van der Waals surface area contributed by atoms with Crippen molar-refractivity contribution in [3.8, 4) is 0 Å². The van der Waals surface area contributed by atoms with Gasteiger partial charge >= 0.3 is 5.97 Å². The average molecular weight is 258 g/mol. The van der Waals surface area contributed by atoms with Crippen LogP contribution in [0.4, 0.5) is 0 Å². The van der Waals surface area contributed by atoms with Crippen LogP contribution in [-0.4, -0.2) is 27.7 Å². The van der Waals surface area contributed by atoms with E-state index < -0.39 is 17.5 Å². The number of rotatable bonds is 2. The largest absolute Gasteiger partial charge is 0.507 e. The number of hydrogen-bond acceptors (Lipinski definition) is 4. The molecule has 0 unspecified atom stereocenters. The maximum Gasteiger partial charge on any atom is 0.328 e. The van der Waals surface area contributed by atoms with Gasteiger partial charge in [0.15, 0.2) is 0 Å². The van der Waals surface area contributed by atoms with Gasteiger partial charge < -0.3 is 10.2 Å². The van der Waals surface area contributed by atoms with Gasteiger partial charge in [-0.2, -0.15) is 0 Å². The van der Waals surface area contributed by atoms with Crippen molar-refractivity contribution in [2.24, 2.45) is 0 Å². The Labute approximate surface area is 108 Å². The van der Waals surface area contributed by atoms with Crippen LogP contribution in [0, 0.1) is 0 Å². The Morgan fingerprint density at radius 1 is 1.11 bits per heavy atom. The number of carbonyl (C=O) groups excluding carboxylic acids is 2. The molecule has 0 bridgehead atoms. The minimum atomic E-state index is -1.25. The summed E-state index contributed by atoms with van der Waals surface area (Å²) in [4.78, 5) is 34.4. The summed E-state index contributed by atoms with van der Waals surface area (Å²) in [7, 11) is 0. The fourth-order valence-corrected chi connectivity index (χ4v) is 1.99. The normalized spacial score (nSPS) is 15.5. The Hall–Kier alpha value is -2.69. The highest BCUT2D eigenvalue weighted by Gasteiger charge is 2.33. The number of carbonyl (C=O) groups is 3. The highest BCUT2D eigenvalue weighted by molar-refractivity contribution is 6.53. The number of benzene rings is 1. The molecule has 0 aromatic heterocycles. The summed E-state index contributed by atoms with van der Waals surface area (Å²) >= 11 is 0. The molecule has 0 heterocycles. The quantitative estimate of drug-likeness (QED) is 0.622. The molecule has 0 amide bonds. The van der Waals surface area contributed by atoms with E-state index in [9.17, 15) is 19.5 Å². The first-order chi connectivity index (χ1) is 8.93. The van der Waals surface area contributed by atoms with Crippen LogP contribution in [0.15, 0.2) is 41.5 Å². The Kier molecular flexibility index (Phi) is 3.04. The zero-order chi connectivity index (χ0) is 14.2. The molecule has 2 N–H and O–H groups in total. The van der Waals surface area contributed by atoms with Gasteiger partial charge in [0.2, 0.25) is 11.6 Å². The van der Waals surface area contributed by atoms with Crippen LogP contribution in [0.2, 0.25) is 0 Å². The molecule has 2 rings (SSSR count). The van der Waals surface area contributed by atoms with E-state index in [4.69, 9.17) is 5.11 Å². The van der Waals surface area contributed by atoms with Crippen molar-refractivity contribution in [3.63, 3.8) is 0 Å². The van der Waals surface area contributed by atoms with Crippen molar-refractivity contribution in [1.82, 2.24) is 0 Å². The average Bonchev–Trinajstić information content (AvgIpc) is 2.35. The van der Waals surface area contributed by atoms with Crippen LogP contribution < -0.4 is 0 Å². The van der Waals surface area contributed by atoms with Gasteiger partial charge in [-0.15, -0.1) is 0 Å². The van der Waals surface area contributed by atoms with Crippen molar-refractivity contribution in [2.45, 2.75) is 6.92 Å². The molecule has 0 aliphatic heterocycles. The number of ketones is 2. The van der Waals surface area contributed by atoms with Crippen LogP contribution >= 0.6 is 0 Å². The number of carboxylic acids is 1. The van der Waals surface area contributed by atoms with E-state index in [1.807, 2.05) is 0 Å². The number of aliphatic hydroxyl groups is 1. The second-order valence-electron chi connectivity index (χ2n) is 4.09. The molecule has 0 saturated carbocycles. The molecule has 96 valence electrons. The first-order valence-corrected chi connectivity index (χ1v) is 5.46. The topological polar surface area (TPSA) is 91.7 Å². The van der Waals surface area contributed by atoms with Gasteiger partial charge in [-0.25, -0.2) is 4.79 Å². The van der Waals surface area contributed by atoms with Gasteiger partial charge in [0.25, 0.3) is 0 Å². The van der Waals surface area contributed by atoms with Gasteiger partial charge in [0.05, 0.1) is 5.57 Å². The Bertz CT molecular complexity index is 664. The summed E-state index contributed by atoms with van der Waals surface area (Å²) in [6.07, 6.45) is 0.782. The molecule has 0 fully saturated rings. The Morgan fingerprint density at radius 3 is 2.26 bits per heavy atom. The number of Topliss-reactive ketones (excluding diaryl/α,β-unsaturated/α-hetero) is 2. The number of fused-ring (bicyclic) bond motifs is 1. The zero-order valence-corrected chi connectivity index (χ0v) is 10.0.